The minimum Gasteiger partial charge on any atom is -0.497 e. The monoisotopic (exact) mass is 259 g/mol. The van der Waals surface area contributed by atoms with Crippen molar-refractivity contribution >= 4 is 12.0 Å². The molecule has 0 heterocycles. The highest BCUT2D eigenvalue weighted by Crippen LogP contribution is 2.24. The molecule has 1 aromatic carbocycles. The van der Waals surface area contributed by atoms with Gasteiger partial charge in [0.1, 0.15) is 5.75 Å². The molecule has 0 amide bonds. The highest BCUT2D eigenvalue weighted by atomic mass is 16.5. The van der Waals surface area contributed by atoms with Crippen LogP contribution < -0.4 is 4.74 Å². The fourth-order valence-corrected chi connectivity index (χ4v) is 1.77. The van der Waals surface area contributed by atoms with E-state index in [9.17, 15) is 4.79 Å². The van der Waals surface area contributed by atoms with E-state index in [0.717, 1.165) is 16.7 Å². The molecule has 0 aliphatic rings. The highest BCUT2D eigenvalue weighted by Gasteiger charge is 2.07. The van der Waals surface area contributed by atoms with E-state index in [4.69, 9.17) is 14.7 Å². The first kappa shape index (κ1) is 14.8. The Morgan fingerprint density at radius 2 is 2.21 bits per heavy atom. The number of carbonyl (C=O) groups is 1. The first-order chi connectivity index (χ1) is 9.12. The molecule has 0 fully saturated rings. The van der Waals surface area contributed by atoms with Gasteiger partial charge in [0.05, 0.1) is 26.2 Å². The molecular formula is C15H17NO3. The summed E-state index contributed by atoms with van der Waals surface area (Å²) in [5.41, 5.74) is 2.64. The highest BCUT2D eigenvalue weighted by molar-refractivity contribution is 5.87. The Morgan fingerprint density at radius 1 is 1.47 bits per heavy atom. The van der Waals surface area contributed by atoms with Crippen LogP contribution in [0.5, 0.6) is 5.75 Å². The van der Waals surface area contributed by atoms with Crippen LogP contribution in [-0.4, -0.2) is 19.7 Å². The second kappa shape index (κ2) is 7.22. The molecule has 0 saturated carbocycles. The summed E-state index contributed by atoms with van der Waals surface area (Å²) in [7, 11) is 1.58. The standard InChI is InChI=1S/C15H17NO3/c1-4-19-15(17)6-5-14-11(2)9-13(18-3)10-12(14)7-8-16/h5-6,9-10H,4,7H2,1-3H3/b6-5-. The van der Waals surface area contributed by atoms with Crippen LogP contribution in [0.3, 0.4) is 0 Å². The van der Waals surface area contributed by atoms with Gasteiger partial charge in [0, 0.05) is 6.08 Å². The van der Waals surface area contributed by atoms with Crippen molar-refractivity contribution in [3.05, 3.63) is 34.9 Å². The number of esters is 1. The Bertz CT molecular complexity index is 527. The van der Waals surface area contributed by atoms with Gasteiger partial charge >= 0.3 is 5.97 Å². The number of ether oxygens (including phenoxy) is 2. The van der Waals surface area contributed by atoms with Gasteiger partial charge < -0.3 is 9.47 Å². The molecule has 19 heavy (non-hydrogen) atoms. The number of nitriles is 1. The Kier molecular flexibility index (Phi) is 5.62. The van der Waals surface area contributed by atoms with E-state index in [2.05, 4.69) is 6.07 Å². The number of hydrogen-bond donors (Lipinski definition) is 0. The zero-order chi connectivity index (χ0) is 14.3. The maximum absolute atomic E-state index is 11.3. The van der Waals surface area contributed by atoms with Crippen molar-refractivity contribution in [3.8, 4) is 11.8 Å². The Labute approximate surface area is 113 Å². The van der Waals surface area contributed by atoms with Crippen molar-refractivity contribution in [2.45, 2.75) is 20.3 Å². The van der Waals surface area contributed by atoms with Crippen LogP contribution in [-0.2, 0) is 16.0 Å². The van der Waals surface area contributed by atoms with Gasteiger partial charge in [-0.2, -0.15) is 5.26 Å². The molecule has 1 rings (SSSR count). The van der Waals surface area contributed by atoms with Crippen molar-refractivity contribution in [1.82, 2.24) is 0 Å². The SMILES string of the molecule is CCOC(=O)/C=C\c1c(C)cc(OC)cc1CC#N. The lowest BCUT2D eigenvalue weighted by molar-refractivity contribution is -0.137. The van der Waals surface area contributed by atoms with Gasteiger partial charge in [0.15, 0.2) is 0 Å². The van der Waals surface area contributed by atoms with Crippen LogP contribution in [0.25, 0.3) is 6.08 Å². The van der Waals surface area contributed by atoms with E-state index in [1.165, 1.54) is 6.08 Å². The topological polar surface area (TPSA) is 59.3 Å². The average molecular weight is 259 g/mol. The number of methoxy groups -OCH3 is 1. The Morgan fingerprint density at radius 3 is 2.79 bits per heavy atom. The van der Waals surface area contributed by atoms with Gasteiger partial charge in [0.25, 0.3) is 0 Å². The second-order valence-electron chi connectivity index (χ2n) is 3.94. The molecule has 100 valence electrons. The zero-order valence-corrected chi connectivity index (χ0v) is 11.4. The Hall–Kier alpha value is -2.28. The predicted octanol–water partition coefficient (Wildman–Crippen LogP) is 2.65. The fourth-order valence-electron chi connectivity index (χ4n) is 1.77. The minimum atomic E-state index is -0.388. The summed E-state index contributed by atoms with van der Waals surface area (Å²) in [5, 5.41) is 8.85. The van der Waals surface area contributed by atoms with E-state index in [1.54, 1.807) is 26.2 Å². The third-order valence-corrected chi connectivity index (χ3v) is 2.62. The molecular weight excluding hydrogens is 242 g/mol. The summed E-state index contributed by atoms with van der Waals surface area (Å²) in [6.07, 6.45) is 3.32. The lowest BCUT2D eigenvalue weighted by Crippen LogP contribution is -2.00. The molecule has 1 aromatic rings. The van der Waals surface area contributed by atoms with Crippen LogP contribution in [0.2, 0.25) is 0 Å². The van der Waals surface area contributed by atoms with Crippen LogP contribution in [0.15, 0.2) is 18.2 Å². The van der Waals surface area contributed by atoms with E-state index in [-0.39, 0.29) is 12.4 Å². The maximum Gasteiger partial charge on any atom is 0.330 e. The van der Waals surface area contributed by atoms with Gasteiger partial charge in [-0.1, -0.05) is 0 Å². The molecule has 0 radical (unpaired) electrons. The van der Waals surface area contributed by atoms with Gasteiger partial charge in [-0.15, -0.1) is 0 Å². The number of aryl methyl sites for hydroxylation is 1. The summed E-state index contributed by atoms with van der Waals surface area (Å²) in [6.45, 7) is 4.01. The molecule has 0 aliphatic heterocycles. The average Bonchev–Trinajstić information content (AvgIpc) is 2.38. The van der Waals surface area contributed by atoms with E-state index in [0.29, 0.717) is 12.4 Å². The molecule has 0 saturated heterocycles. The van der Waals surface area contributed by atoms with Crippen molar-refractivity contribution in [1.29, 1.82) is 5.26 Å². The van der Waals surface area contributed by atoms with E-state index < -0.39 is 0 Å². The fraction of sp³-hybridized carbons (Fsp3) is 0.333. The third-order valence-electron chi connectivity index (χ3n) is 2.62. The molecule has 0 unspecified atom stereocenters. The van der Waals surface area contributed by atoms with Crippen molar-refractivity contribution < 1.29 is 14.3 Å². The predicted molar refractivity (Wildman–Crippen MR) is 72.7 cm³/mol. The summed E-state index contributed by atoms with van der Waals surface area (Å²) < 4.78 is 10.0. The lowest BCUT2D eigenvalue weighted by Gasteiger charge is -2.10. The normalized spacial score (nSPS) is 10.2. The molecule has 0 aromatic heterocycles. The van der Waals surface area contributed by atoms with Crippen LogP contribution in [0, 0.1) is 18.3 Å². The smallest absolute Gasteiger partial charge is 0.330 e. The van der Waals surface area contributed by atoms with E-state index in [1.807, 2.05) is 13.0 Å². The second-order valence-corrected chi connectivity index (χ2v) is 3.94. The van der Waals surface area contributed by atoms with Gasteiger partial charge in [-0.05, 0) is 48.7 Å². The molecule has 0 atom stereocenters. The zero-order valence-electron chi connectivity index (χ0n) is 11.4. The quantitative estimate of drug-likeness (QED) is 0.602. The lowest BCUT2D eigenvalue weighted by atomic mass is 9.99. The van der Waals surface area contributed by atoms with Crippen LogP contribution in [0.1, 0.15) is 23.6 Å². The molecule has 0 spiro atoms. The molecule has 0 N–H and O–H groups in total. The van der Waals surface area contributed by atoms with Gasteiger partial charge in [-0.3, -0.25) is 0 Å². The number of rotatable bonds is 5. The number of benzene rings is 1. The van der Waals surface area contributed by atoms with E-state index >= 15 is 0 Å². The number of nitrogens with zero attached hydrogens (tertiary/aromatic N) is 1. The maximum atomic E-state index is 11.3. The van der Waals surface area contributed by atoms with Crippen molar-refractivity contribution in [3.63, 3.8) is 0 Å². The third kappa shape index (κ3) is 4.14. The van der Waals surface area contributed by atoms with Crippen molar-refractivity contribution in [2.75, 3.05) is 13.7 Å². The number of hydrogen-bond acceptors (Lipinski definition) is 4. The Balaban J connectivity index is 3.11. The number of carbonyl (C=O) groups excluding carboxylic acids is 1. The molecule has 0 bridgehead atoms. The summed E-state index contributed by atoms with van der Waals surface area (Å²) in [5.74, 6) is 0.316. The molecule has 4 heteroatoms. The molecule has 0 aliphatic carbocycles. The first-order valence-corrected chi connectivity index (χ1v) is 6.01. The summed E-state index contributed by atoms with van der Waals surface area (Å²) >= 11 is 0. The first-order valence-electron chi connectivity index (χ1n) is 6.01. The molecule has 4 nitrogen and oxygen atoms in total. The summed E-state index contributed by atoms with van der Waals surface area (Å²) in [6, 6.07) is 5.78. The largest absolute Gasteiger partial charge is 0.497 e. The van der Waals surface area contributed by atoms with Gasteiger partial charge in [0.2, 0.25) is 0 Å². The van der Waals surface area contributed by atoms with Crippen LogP contribution >= 0.6 is 0 Å². The van der Waals surface area contributed by atoms with Crippen LogP contribution in [0.4, 0.5) is 0 Å². The van der Waals surface area contributed by atoms with Crippen molar-refractivity contribution in [2.24, 2.45) is 0 Å². The van der Waals surface area contributed by atoms with Gasteiger partial charge in [-0.25, -0.2) is 4.79 Å². The minimum absolute atomic E-state index is 0.264. The summed E-state index contributed by atoms with van der Waals surface area (Å²) in [4.78, 5) is 11.3.